The van der Waals surface area contributed by atoms with Crippen molar-refractivity contribution in [3.8, 4) is 22.8 Å². The van der Waals surface area contributed by atoms with Gasteiger partial charge in [0.2, 0.25) is 16.8 Å². The Hall–Kier alpha value is -3.29. The lowest BCUT2D eigenvalue weighted by Crippen LogP contribution is -2.31. The second-order valence-corrected chi connectivity index (χ2v) is 11.3. The number of fused-ring (bicyclic) bond motifs is 2. The molecule has 5 rings (SSSR count). The minimum Gasteiger partial charge on any atom is -0.464 e. The number of aryl methyl sites for hydroxylation is 1. The number of imidazole rings is 1. The van der Waals surface area contributed by atoms with Gasteiger partial charge in [0.1, 0.15) is 12.1 Å². The van der Waals surface area contributed by atoms with Crippen molar-refractivity contribution >= 4 is 38.8 Å². The van der Waals surface area contributed by atoms with Crippen LogP contribution in [0.15, 0.2) is 51.3 Å². The number of sulfonamides is 1. The summed E-state index contributed by atoms with van der Waals surface area (Å²) in [6.07, 6.45) is 2.93. The Bertz CT molecular complexity index is 1470. The third kappa shape index (κ3) is 4.92. The van der Waals surface area contributed by atoms with Gasteiger partial charge in [0.25, 0.3) is 0 Å². The molecule has 0 amide bonds. The second-order valence-electron chi connectivity index (χ2n) is 8.32. The third-order valence-electron chi connectivity index (χ3n) is 5.28. The Kier molecular flexibility index (Phi) is 6.30. The topological polar surface area (TPSA) is 147 Å². The number of benzene rings is 1. The van der Waals surface area contributed by atoms with Crippen LogP contribution in [0.4, 0.5) is 5.82 Å². The Morgan fingerprint density at radius 3 is 2.77 bits per heavy atom. The summed E-state index contributed by atoms with van der Waals surface area (Å²) in [5.74, 6) is 2.14. The van der Waals surface area contributed by atoms with Crippen molar-refractivity contribution < 1.29 is 22.3 Å². The van der Waals surface area contributed by atoms with E-state index < -0.39 is 10.0 Å². The van der Waals surface area contributed by atoms with Crippen LogP contribution in [0.1, 0.15) is 13.8 Å². The normalized spacial score (nSPS) is 13.2. The third-order valence-corrected chi connectivity index (χ3v) is 7.66. The van der Waals surface area contributed by atoms with Gasteiger partial charge in [-0.2, -0.15) is 0 Å². The summed E-state index contributed by atoms with van der Waals surface area (Å²) in [5.41, 5.74) is 7.71. The maximum absolute atomic E-state index is 12.6. The zero-order valence-electron chi connectivity index (χ0n) is 19.1. The van der Waals surface area contributed by atoms with E-state index in [2.05, 4.69) is 19.7 Å². The van der Waals surface area contributed by atoms with Gasteiger partial charge in [-0.15, -0.1) is 0 Å². The van der Waals surface area contributed by atoms with Crippen molar-refractivity contribution in [2.45, 2.75) is 30.4 Å². The van der Waals surface area contributed by atoms with Crippen molar-refractivity contribution in [2.75, 3.05) is 24.8 Å². The van der Waals surface area contributed by atoms with E-state index in [4.69, 9.17) is 19.6 Å². The van der Waals surface area contributed by atoms with Crippen molar-refractivity contribution in [3.63, 3.8) is 0 Å². The summed E-state index contributed by atoms with van der Waals surface area (Å²) >= 11 is 1.33. The van der Waals surface area contributed by atoms with E-state index in [1.54, 1.807) is 16.9 Å². The number of nitrogens with two attached hydrogens (primary N) is 1. The quantitative estimate of drug-likeness (QED) is 0.340. The molecule has 3 aromatic heterocycles. The van der Waals surface area contributed by atoms with Gasteiger partial charge >= 0.3 is 0 Å². The molecule has 11 nitrogen and oxygen atoms in total. The zero-order valence-corrected chi connectivity index (χ0v) is 20.7. The fourth-order valence-corrected chi connectivity index (χ4v) is 5.73. The molecular formula is C22H24N6O5S2. The largest absolute Gasteiger partial charge is 0.464 e. The molecule has 4 aromatic rings. The highest BCUT2D eigenvalue weighted by atomic mass is 32.2. The number of ether oxygens (including phenoxy) is 2. The van der Waals surface area contributed by atoms with E-state index in [9.17, 15) is 8.42 Å². The first-order valence-electron chi connectivity index (χ1n) is 10.9. The number of nitrogens with one attached hydrogen (secondary N) is 1. The SMILES string of the molecule is CC(C)CNS(=O)(=O)CCn1c(Sc2cc3c(cc2-c2ccco2)OCO3)nc2c(N)ncnc21. The van der Waals surface area contributed by atoms with Gasteiger partial charge in [-0.25, -0.2) is 28.1 Å². The van der Waals surface area contributed by atoms with Crippen molar-refractivity contribution in [2.24, 2.45) is 5.92 Å². The molecule has 0 saturated carbocycles. The summed E-state index contributed by atoms with van der Waals surface area (Å²) in [4.78, 5) is 13.8. The van der Waals surface area contributed by atoms with Crippen LogP contribution in [0.5, 0.6) is 11.5 Å². The molecule has 1 aromatic carbocycles. The number of anilines is 1. The average Bonchev–Trinajstić information content (AvgIpc) is 3.56. The minimum absolute atomic E-state index is 0.128. The number of aromatic nitrogens is 4. The molecule has 1 aliphatic heterocycles. The molecule has 3 N–H and O–H groups in total. The average molecular weight is 517 g/mol. The lowest BCUT2D eigenvalue weighted by molar-refractivity contribution is 0.174. The molecule has 0 fully saturated rings. The van der Waals surface area contributed by atoms with E-state index in [-0.39, 0.29) is 30.8 Å². The van der Waals surface area contributed by atoms with Gasteiger partial charge in [0.15, 0.2) is 33.6 Å². The molecule has 0 spiro atoms. The molecule has 0 radical (unpaired) electrons. The molecule has 1 aliphatic rings. The van der Waals surface area contributed by atoms with Gasteiger partial charge in [-0.3, -0.25) is 0 Å². The van der Waals surface area contributed by atoms with Crippen molar-refractivity contribution in [1.29, 1.82) is 0 Å². The van der Waals surface area contributed by atoms with Gasteiger partial charge in [0, 0.05) is 23.5 Å². The first-order chi connectivity index (χ1) is 16.8. The van der Waals surface area contributed by atoms with Gasteiger partial charge < -0.3 is 24.2 Å². The summed E-state index contributed by atoms with van der Waals surface area (Å²) in [5, 5.41) is 0.512. The van der Waals surface area contributed by atoms with E-state index >= 15 is 0 Å². The molecule has 4 heterocycles. The standard InChI is InChI=1S/C22H24N6O5S2/c1-13(2)10-26-35(29,30)7-5-28-21-19(20(23)24-11-25-21)27-22(28)34-18-9-17-16(32-12-33-17)8-14(18)15-4-3-6-31-15/h3-4,6,8-9,11,13,26H,5,7,10,12H2,1-2H3,(H2,23,24,25). The summed E-state index contributed by atoms with van der Waals surface area (Å²) < 4.78 is 46.3. The van der Waals surface area contributed by atoms with E-state index in [0.29, 0.717) is 40.1 Å². The fraction of sp³-hybridized carbons (Fsp3) is 0.318. The molecule has 0 unspecified atom stereocenters. The van der Waals surface area contributed by atoms with Crippen molar-refractivity contribution in [1.82, 2.24) is 24.2 Å². The van der Waals surface area contributed by atoms with Gasteiger partial charge in [0.05, 0.1) is 12.0 Å². The predicted octanol–water partition coefficient (Wildman–Crippen LogP) is 3.12. The minimum atomic E-state index is -3.51. The van der Waals surface area contributed by atoms with E-state index in [1.165, 1.54) is 18.1 Å². The van der Waals surface area contributed by atoms with Crippen LogP contribution in [0.25, 0.3) is 22.5 Å². The van der Waals surface area contributed by atoms with Crippen LogP contribution >= 0.6 is 11.8 Å². The van der Waals surface area contributed by atoms with E-state index in [0.717, 1.165) is 10.5 Å². The predicted molar refractivity (Wildman–Crippen MR) is 131 cm³/mol. The number of furan rings is 1. The van der Waals surface area contributed by atoms with Crippen LogP contribution in [-0.2, 0) is 16.6 Å². The fourth-order valence-electron chi connectivity index (χ4n) is 3.52. The van der Waals surface area contributed by atoms with Crippen LogP contribution in [-0.4, -0.2) is 47.0 Å². The molecule has 184 valence electrons. The summed E-state index contributed by atoms with van der Waals surface area (Å²) in [6.45, 7) is 4.52. The summed E-state index contributed by atoms with van der Waals surface area (Å²) in [6, 6.07) is 7.35. The van der Waals surface area contributed by atoms with Gasteiger partial charge in [-0.05, 0) is 30.2 Å². The smallest absolute Gasteiger partial charge is 0.231 e. The maximum atomic E-state index is 12.6. The number of nitrogen functional groups attached to an aromatic ring is 1. The lowest BCUT2D eigenvalue weighted by atomic mass is 10.1. The second kappa shape index (κ2) is 9.40. The van der Waals surface area contributed by atoms with Gasteiger partial charge in [-0.1, -0.05) is 25.6 Å². The number of rotatable bonds is 9. The highest BCUT2D eigenvalue weighted by Crippen LogP contribution is 2.45. The zero-order chi connectivity index (χ0) is 24.6. The Balaban J connectivity index is 1.54. The number of hydrogen-bond acceptors (Lipinski definition) is 10. The molecule has 0 aliphatic carbocycles. The highest BCUT2D eigenvalue weighted by molar-refractivity contribution is 7.99. The molecule has 0 bridgehead atoms. The summed E-state index contributed by atoms with van der Waals surface area (Å²) in [7, 11) is -3.51. The maximum Gasteiger partial charge on any atom is 0.231 e. The van der Waals surface area contributed by atoms with Crippen LogP contribution in [0, 0.1) is 5.92 Å². The Morgan fingerprint density at radius 1 is 1.23 bits per heavy atom. The molecule has 35 heavy (non-hydrogen) atoms. The first-order valence-corrected chi connectivity index (χ1v) is 13.4. The van der Waals surface area contributed by atoms with Crippen molar-refractivity contribution in [3.05, 3.63) is 36.9 Å². The first kappa shape index (κ1) is 23.5. The lowest BCUT2D eigenvalue weighted by Gasteiger charge is -2.12. The Morgan fingerprint density at radius 2 is 2.03 bits per heavy atom. The highest BCUT2D eigenvalue weighted by Gasteiger charge is 2.24. The number of hydrogen-bond donors (Lipinski definition) is 2. The monoisotopic (exact) mass is 516 g/mol. The molecule has 13 heteroatoms. The van der Waals surface area contributed by atoms with Crippen LogP contribution < -0.4 is 19.9 Å². The van der Waals surface area contributed by atoms with Crippen LogP contribution in [0.3, 0.4) is 0 Å². The van der Waals surface area contributed by atoms with E-state index in [1.807, 2.05) is 32.0 Å². The molecular weight excluding hydrogens is 492 g/mol. The molecule has 0 atom stereocenters. The van der Waals surface area contributed by atoms with Crippen LogP contribution in [0.2, 0.25) is 0 Å². The molecule has 0 saturated heterocycles. The Labute approximate surface area is 206 Å². The number of nitrogens with zero attached hydrogens (tertiary/aromatic N) is 4.